The number of rotatable bonds is 5. The van der Waals surface area contributed by atoms with Gasteiger partial charge >= 0.3 is 0 Å². The molecule has 7 heteroatoms. The highest BCUT2D eigenvalue weighted by Gasteiger charge is 2.41. The molecule has 1 aromatic heterocycles. The molecule has 3 fully saturated rings. The number of nitrogens with zero attached hydrogens (tertiary/aromatic N) is 4. The average Bonchev–Trinajstić information content (AvgIpc) is 2.83. The van der Waals surface area contributed by atoms with E-state index < -0.39 is 0 Å². The standard InChI is InChI=1S/C21H30N4O3/c26-19(5-4-18-14-22-9-10-23-18)24-11-7-21(8-12-24)16-25(15-17-2-1-3-17)20(27)6-13-28-21/h9-10,14,17H,1-8,11-13,15-16H2. The highest BCUT2D eigenvalue weighted by atomic mass is 16.5. The number of amides is 2. The molecule has 0 aromatic carbocycles. The van der Waals surface area contributed by atoms with Gasteiger partial charge in [0, 0.05) is 51.2 Å². The molecule has 0 radical (unpaired) electrons. The number of carbonyl (C=O) groups is 2. The fourth-order valence-electron chi connectivity index (χ4n) is 4.47. The predicted octanol–water partition coefficient (Wildman–Crippen LogP) is 1.82. The Balaban J connectivity index is 1.30. The van der Waals surface area contributed by atoms with Crippen LogP contribution in [0.4, 0.5) is 0 Å². The molecule has 28 heavy (non-hydrogen) atoms. The van der Waals surface area contributed by atoms with Crippen LogP contribution in [0.25, 0.3) is 0 Å². The maximum absolute atomic E-state index is 12.6. The molecule has 0 bridgehead atoms. The van der Waals surface area contributed by atoms with Crippen molar-refractivity contribution in [2.75, 3.05) is 32.8 Å². The highest BCUT2D eigenvalue weighted by Crippen LogP contribution is 2.33. The van der Waals surface area contributed by atoms with Crippen molar-refractivity contribution in [3.63, 3.8) is 0 Å². The molecule has 2 saturated heterocycles. The molecule has 1 aromatic rings. The minimum absolute atomic E-state index is 0.163. The Morgan fingerprint density at radius 1 is 1.25 bits per heavy atom. The van der Waals surface area contributed by atoms with E-state index in [0.29, 0.717) is 51.4 Å². The zero-order chi connectivity index (χ0) is 19.4. The van der Waals surface area contributed by atoms with Gasteiger partial charge in [-0.15, -0.1) is 0 Å². The predicted molar refractivity (Wildman–Crippen MR) is 103 cm³/mol. The molecule has 0 N–H and O–H groups in total. The van der Waals surface area contributed by atoms with Crippen LogP contribution in [-0.2, 0) is 20.7 Å². The van der Waals surface area contributed by atoms with Crippen LogP contribution < -0.4 is 0 Å². The van der Waals surface area contributed by atoms with E-state index in [1.807, 2.05) is 9.80 Å². The summed E-state index contributed by atoms with van der Waals surface area (Å²) in [6.45, 7) is 3.46. The van der Waals surface area contributed by atoms with Gasteiger partial charge in [-0.3, -0.25) is 19.6 Å². The molecule has 0 unspecified atom stereocenters. The van der Waals surface area contributed by atoms with E-state index in [2.05, 4.69) is 9.97 Å². The summed E-state index contributed by atoms with van der Waals surface area (Å²) in [4.78, 5) is 37.3. The number of likely N-dealkylation sites (tertiary alicyclic amines) is 1. The molecule has 0 atom stereocenters. The minimum atomic E-state index is -0.280. The maximum atomic E-state index is 12.6. The van der Waals surface area contributed by atoms with Gasteiger partial charge in [0.1, 0.15) is 0 Å². The molecule has 2 aliphatic heterocycles. The third-order valence-electron chi connectivity index (χ3n) is 6.50. The summed E-state index contributed by atoms with van der Waals surface area (Å²) in [6, 6.07) is 0. The van der Waals surface area contributed by atoms with Crippen molar-refractivity contribution in [1.29, 1.82) is 0 Å². The SMILES string of the molecule is O=C(CCc1cnccn1)N1CCC2(CC1)CN(CC1CCC1)C(=O)CCO2. The number of aryl methyl sites for hydroxylation is 1. The Bertz CT molecular complexity index is 684. The minimum Gasteiger partial charge on any atom is -0.372 e. The second-order valence-electron chi connectivity index (χ2n) is 8.43. The van der Waals surface area contributed by atoms with Crippen LogP contribution in [0.1, 0.15) is 50.6 Å². The summed E-state index contributed by atoms with van der Waals surface area (Å²) >= 11 is 0. The monoisotopic (exact) mass is 386 g/mol. The molecular formula is C21H30N4O3. The largest absolute Gasteiger partial charge is 0.372 e. The lowest BCUT2D eigenvalue weighted by Gasteiger charge is -2.43. The first-order valence-corrected chi connectivity index (χ1v) is 10.6. The molecule has 3 aliphatic rings. The Labute approximate surface area is 166 Å². The third kappa shape index (κ3) is 4.51. The Hall–Kier alpha value is -2.02. The molecular weight excluding hydrogens is 356 g/mol. The van der Waals surface area contributed by atoms with E-state index >= 15 is 0 Å². The van der Waals surface area contributed by atoms with E-state index in [1.165, 1.54) is 19.3 Å². The normalized spacial score (nSPS) is 22.8. The molecule has 2 amide bonds. The summed E-state index contributed by atoms with van der Waals surface area (Å²) in [5.74, 6) is 1.06. The average molecular weight is 386 g/mol. The fraction of sp³-hybridized carbons (Fsp3) is 0.714. The van der Waals surface area contributed by atoms with Gasteiger partial charge in [-0.05, 0) is 38.0 Å². The number of carbonyl (C=O) groups excluding carboxylic acids is 2. The van der Waals surface area contributed by atoms with E-state index in [4.69, 9.17) is 4.74 Å². The molecule has 1 spiro atoms. The first-order valence-electron chi connectivity index (χ1n) is 10.6. The number of aromatic nitrogens is 2. The van der Waals surface area contributed by atoms with Gasteiger partial charge in [0.2, 0.25) is 11.8 Å². The van der Waals surface area contributed by atoms with Crippen molar-refractivity contribution in [2.45, 2.75) is 57.0 Å². The summed E-state index contributed by atoms with van der Waals surface area (Å²) in [6.07, 6.45) is 12.0. The Kier molecular flexibility index (Phi) is 5.90. The summed E-state index contributed by atoms with van der Waals surface area (Å²) in [5, 5.41) is 0. The molecule has 1 saturated carbocycles. The summed E-state index contributed by atoms with van der Waals surface area (Å²) < 4.78 is 6.20. The molecule has 152 valence electrons. The summed E-state index contributed by atoms with van der Waals surface area (Å²) in [5.41, 5.74) is 0.569. The number of hydrogen-bond donors (Lipinski definition) is 0. The third-order valence-corrected chi connectivity index (χ3v) is 6.50. The van der Waals surface area contributed by atoms with E-state index in [1.54, 1.807) is 18.6 Å². The first-order chi connectivity index (χ1) is 13.6. The van der Waals surface area contributed by atoms with Gasteiger partial charge in [0.25, 0.3) is 0 Å². The second-order valence-corrected chi connectivity index (χ2v) is 8.43. The highest BCUT2D eigenvalue weighted by molar-refractivity contribution is 5.77. The molecule has 4 rings (SSSR count). The van der Waals surface area contributed by atoms with Crippen molar-refractivity contribution in [1.82, 2.24) is 19.8 Å². The van der Waals surface area contributed by atoms with E-state index in [9.17, 15) is 9.59 Å². The molecule has 7 nitrogen and oxygen atoms in total. The second kappa shape index (κ2) is 8.55. The van der Waals surface area contributed by atoms with E-state index in [-0.39, 0.29) is 17.4 Å². The lowest BCUT2D eigenvalue weighted by Crippen LogP contribution is -2.53. The number of ether oxygens (including phenoxy) is 1. The zero-order valence-corrected chi connectivity index (χ0v) is 16.5. The maximum Gasteiger partial charge on any atom is 0.224 e. The van der Waals surface area contributed by atoms with Gasteiger partial charge in [-0.2, -0.15) is 0 Å². The van der Waals surface area contributed by atoms with Crippen LogP contribution in [0.5, 0.6) is 0 Å². The van der Waals surface area contributed by atoms with Crippen molar-refractivity contribution in [2.24, 2.45) is 5.92 Å². The van der Waals surface area contributed by atoms with Crippen LogP contribution in [0.2, 0.25) is 0 Å². The zero-order valence-electron chi connectivity index (χ0n) is 16.5. The number of piperidine rings is 1. The Morgan fingerprint density at radius 3 is 2.75 bits per heavy atom. The molecule has 3 heterocycles. The van der Waals surface area contributed by atoms with Gasteiger partial charge in [-0.25, -0.2) is 0 Å². The quantitative estimate of drug-likeness (QED) is 0.772. The topological polar surface area (TPSA) is 75.6 Å². The van der Waals surface area contributed by atoms with Crippen LogP contribution in [0, 0.1) is 5.92 Å². The van der Waals surface area contributed by atoms with E-state index in [0.717, 1.165) is 25.1 Å². The van der Waals surface area contributed by atoms with Crippen molar-refractivity contribution >= 4 is 11.8 Å². The Morgan fingerprint density at radius 2 is 2.07 bits per heavy atom. The first kappa shape index (κ1) is 19.3. The van der Waals surface area contributed by atoms with Gasteiger partial charge < -0.3 is 14.5 Å². The van der Waals surface area contributed by atoms with Gasteiger partial charge in [0.05, 0.1) is 24.3 Å². The van der Waals surface area contributed by atoms with Crippen LogP contribution in [0.15, 0.2) is 18.6 Å². The fourth-order valence-corrected chi connectivity index (χ4v) is 4.47. The lowest BCUT2D eigenvalue weighted by molar-refractivity contribution is -0.140. The smallest absolute Gasteiger partial charge is 0.224 e. The van der Waals surface area contributed by atoms with Crippen LogP contribution in [0.3, 0.4) is 0 Å². The van der Waals surface area contributed by atoms with Crippen LogP contribution >= 0.6 is 0 Å². The van der Waals surface area contributed by atoms with Gasteiger partial charge in [0.15, 0.2) is 0 Å². The van der Waals surface area contributed by atoms with Crippen molar-refractivity contribution < 1.29 is 14.3 Å². The number of hydrogen-bond acceptors (Lipinski definition) is 5. The molecule has 1 aliphatic carbocycles. The summed E-state index contributed by atoms with van der Waals surface area (Å²) in [7, 11) is 0. The van der Waals surface area contributed by atoms with Crippen molar-refractivity contribution in [3.8, 4) is 0 Å². The van der Waals surface area contributed by atoms with Crippen LogP contribution in [-0.4, -0.2) is 70.0 Å². The van der Waals surface area contributed by atoms with Crippen molar-refractivity contribution in [3.05, 3.63) is 24.3 Å². The van der Waals surface area contributed by atoms with Gasteiger partial charge in [-0.1, -0.05) is 6.42 Å². The lowest BCUT2D eigenvalue weighted by atomic mass is 9.84.